The molecule has 18 heavy (non-hydrogen) atoms. The first-order chi connectivity index (χ1) is 8.41. The van der Waals surface area contributed by atoms with Crippen molar-refractivity contribution in [1.29, 1.82) is 0 Å². The molecule has 1 rings (SSSR count). The zero-order valence-electron chi connectivity index (χ0n) is 10.8. The van der Waals surface area contributed by atoms with Gasteiger partial charge in [0.1, 0.15) is 0 Å². The van der Waals surface area contributed by atoms with Crippen LogP contribution in [0, 0.1) is 12.8 Å². The number of nitrogens with zero attached hydrogens (tertiary/aromatic N) is 1. The smallest absolute Gasteiger partial charge is 0.321 e. The van der Waals surface area contributed by atoms with E-state index in [-0.39, 0.29) is 12.6 Å². The zero-order chi connectivity index (χ0) is 13.7. The van der Waals surface area contributed by atoms with Crippen LogP contribution in [0.3, 0.4) is 0 Å². The highest BCUT2D eigenvalue weighted by atomic mass is 16.4. The molecule has 1 aromatic rings. The molecule has 0 saturated heterocycles. The maximum Gasteiger partial charge on any atom is 0.321 e. The minimum atomic E-state index is -0.923. The normalized spacial score (nSPS) is 11.7. The Kier molecular flexibility index (Phi) is 4.71. The third kappa shape index (κ3) is 3.76. The molecule has 0 spiro atoms. The summed E-state index contributed by atoms with van der Waals surface area (Å²) in [5, 5.41) is 11.3. The number of nitrogens with one attached hydrogen (secondary N) is 1. The van der Waals surface area contributed by atoms with Crippen molar-refractivity contribution >= 4 is 17.7 Å². The minimum absolute atomic E-state index is 0.115. The lowest BCUT2D eigenvalue weighted by atomic mass is 10.2. The number of aryl methyl sites for hydroxylation is 1. The van der Waals surface area contributed by atoms with Crippen LogP contribution in [0.25, 0.3) is 0 Å². The molecule has 0 fully saturated rings. The number of rotatable bonds is 4. The Balaban J connectivity index is 2.56. The van der Waals surface area contributed by atoms with Gasteiger partial charge in [-0.2, -0.15) is 0 Å². The van der Waals surface area contributed by atoms with Crippen molar-refractivity contribution in [1.82, 2.24) is 5.32 Å². The van der Waals surface area contributed by atoms with Gasteiger partial charge in [0.25, 0.3) is 0 Å². The second-order valence-corrected chi connectivity index (χ2v) is 4.32. The number of carbonyl (C=O) groups is 2. The molecular weight excluding hydrogens is 232 g/mol. The molecule has 2 N–H and O–H groups in total. The molecule has 0 radical (unpaired) electrons. The van der Waals surface area contributed by atoms with Gasteiger partial charge >= 0.3 is 12.0 Å². The average Bonchev–Trinajstić information content (AvgIpc) is 2.35. The number of aliphatic carboxylic acids is 1. The summed E-state index contributed by atoms with van der Waals surface area (Å²) in [5.41, 5.74) is 1.88. The molecule has 98 valence electrons. The molecule has 1 atom stereocenters. The third-order valence-electron chi connectivity index (χ3n) is 2.71. The summed E-state index contributed by atoms with van der Waals surface area (Å²) in [7, 11) is 1.64. The van der Waals surface area contributed by atoms with Crippen molar-refractivity contribution in [3.8, 4) is 0 Å². The van der Waals surface area contributed by atoms with Crippen LogP contribution in [0.1, 0.15) is 12.5 Å². The van der Waals surface area contributed by atoms with Crippen LogP contribution < -0.4 is 10.2 Å². The van der Waals surface area contributed by atoms with Gasteiger partial charge in [-0.3, -0.25) is 9.69 Å². The highest BCUT2D eigenvalue weighted by Crippen LogP contribution is 2.13. The molecule has 1 unspecified atom stereocenters. The first kappa shape index (κ1) is 14.0. The lowest BCUT2D eigenvalue weighted by Gasteiger charge is -2.19. The fraction of sp³-hybridized carbons (Fsp3) is 0.385. The number of urea groups is 1. The molecule has 0 aliphatic rings. The highest BCUT2D eigenvalue weighted by Gasteiger charge is 2.15. The molecule has 0 aliphatic heterocycles. The van der Waals surface area contributed by atoms with Gasteiger partial charge in [0, 0.05) is 19.3 Å². The Labute approximate surface area is 106 Å². The number of carboxylic acid groups (broad SMARTS) is 1. The number of hydrogen-bond donors (Lipinski definition) is 2. The number of hydrogen-bond acceptors (Lipinski definition) is 2. The monoisotopic (exact) mass is 250 g/mol. The Bertz CT molecular complexity index is 428. The summed E-state index contributed by atoms with van der Waals surface area (Å²) in [6.45, 7) is 3.64. The molecule has 5 nitrogen and oxygen atoms in total. The number of benzene rings is 1. The van der Waals surface area contributed by atoms with Crippen LogP contribution >= 0.6 is 0 Å². The van der Waals surface area contributed by atoms with Crippen LogP contribution in [0.4, 0.5) is 10.5 Å². The maximum absolute atomic E-state index is 11.8. The molecule has 0 aromatic heterocycles. The van der Waals surface area contributed by atoms with Gasteiger partial charge in [0.05, 0.1) is 5.92 Å². The summed E-state index contributed by atoms with van der Waals surface area (Å²) < 4.78 is 0. The van der Waals surface area contributed by atoms with Crippen molar-refractivity contribution in [3.05, 3.63) is 29.8 Å². The van der Waals surface area contributed by atoms with Gasteiger partial charge in [-0.05, 0) is 19.1 Å². The Morgan fingerprint density at radius 1 is 1.33 bits per heavy atom. The van der Waals surface area contributed by atoms with Crippen molar-refractivity contribution in [3.63, 3.8) is 0 Å². The second-order valence-electron chi connectivity index (χ2n) is 4.32. The lowest BCUT2D eigenvalue weighted by molar-refractivity contribution is -0.140. The van der Waals surface area contributed by atoms with Gasteiger partial charge in [0.2, 0.25) is 0 Å². The molecule has 5 heteroatoms. The van der Waals surface area contributed by atoms with E-state index in [1.165, 1.54) is 4.90 Å². The average molecular weight is 250 g/mol. The van der Waals surface area contributed by atoms with Crippen LogP contribution in [-0.2, 0) is 4.79 Å². The van der Waals surface area contributed by atoms with Gasteiger partial charge in [-0.15, -0.1) is 0 Å². The summed E-state index contributed by atoms with van der Waals surface area (Å²) in [6.07, 6.45) is 0. The van der Waals surface area contributed by atoms with Crippen LogP contribution in [0.5, 0.6) is 0 Å². The van der Waals surface area contributed by atoms with Crippen LogP contribution in [0.15, 0.2) is 24.3 Å². The fourth-order valence-corrected chi connectivity index (χ4v) is 1.33. The summed E-state index contributed by atoms with van der Waals surface area (Å²) in [6, 6.07) is 7.20. The molecule has 0 aliphatic carbocycles. The molecule has 0 saturated carbocycles. The Morgan fingerprint density at radius 2 is 1.89 bits per heavy atom. The quantitative estimate of drug-likeness (QED) is 0.857. The Hall–Kier alpha value is -2.04. The van der Waals surface area contributed by atoms with E-state index in [1.54, 1.807) is 14.0 Å². The summed E-state index contributed by atoms with van der Waals surface area (Å²) in [4.78, 5) is 23.9. The van der Waals surface area contributed by atoms with Crippen LogP contribution in [0.2, 0.25) is 0 Å². The minimum Gasteiger partial charge on any atom is -0.481 e. The zero-order valence-corrected chi connectivity index (χ0v) is 10.8. The largest absolute Gasteiger partial charge is 0.481 e. The predicted molar refractivity (Wildman–Crippen MR) is 69.8 cm³/mol. The Morgan fingerprint density at radius 3 is 2.39 bits per heavy atom. The van der Waals surface area contributed by atoms with Gasteiger partial charge in [-0.1, -0.05) is 24.6 Å². The second kappa shape index (κ2) is 6.05. The fourth-order valence-electron chi connectivity index (χ4n) is 1.33. The van der Waals surface area contributed by atoms with Crippen molar-refractivity contribution in [2.24, 2.45) is 5.92 Å². The van der Waals surface area contributed by atoms with E-state index in [1.807, 2.05) is 31.2 Å². The number of carbonyl (C=O) groups excluding carboxylic acids is 1. The van der Waals surface area contributed by atoms with E-state index in [4.69, 9.17) is 5.11 Å². The molecule has 1 aromatic carbocycles. The van der Waals surface area contributed by atoms with Crippen molar-refractivity contribution < 1.29 is 14.7 Å². The number of anilines is 1. The number of carboxylic acids is 1. The SMILES string of the molecule is Cc1ccc(N(C)C(=O)NCC(C)C(=O)O)cc1. The summed E-state index contributed by atoms with van der Waals surface area (Å²) in [5.74, 6) is -1.52. The van der Waals surface area contributed by atoms with Gasteiger partial charge in [-0.25, -0.2) is 4.79 Å². The van der Waals surface area contributed by atoms with E-state index < -0.39 is 11.9 Å². The predicted octanol–water partition coefficient (Wildman–Crippen LogP) is 1.86. The van der Waals surface area contributed by atoms with E-state index in [2.05, 4.69) is 5.32 Å². The lowest BCUT2D eigenvalue weighted by Crippen LogP contribution is -2.40. The highest BCUT2D eigenvalue weighted by molar-refractivity contribution is 5.91. The standard InChI is InChI=1S/C13H18N2O3/c1-9-4-6-11(7-5-9)15(3)13(18)14-8-10(2)12(16)17/h4-7,10H,8H2,1-3H3,(H,14,18)(H,16,17). The van der Waals surface area contributed by atoms with Crippen LogP contribution in [-0.4, -0.2) is 30.7 Å². The van der Waals surface area contributed by atoms with E-state index in [0.29, 0.717) is 0 Å². The first-order valence-electron chi connectivity index (χ1n) is 5.73. The van der Waals surface area contributed by atoms with E-state index in [0.717, 1.165) is 11.3 Å². The van der Waals surface area contributed by atoms with Gasteiger partial charge < -0.3 is 10.4 Å². The molecule has 0 bridgehead atoms. The molecule has 2 amide bonds. The number of amides is 2. The molecule has 0 heterocycles. The topological polar surface area (TPSA) is 69.6 Å². The maximum atomic E-state index is 11.8. The van der Waals surface area contributed by atoms with Gasteiger partial charge in [0.15, 0.2) is 0 Å². The summed E-state index contributed by atoms with van der Waals surface area (Å²) >= 11 is 0. The van der Waals surface area contributed by atoms with E-state index >= 15 is 0 Å². The first-order valence-corrected chi connectivity index (χ1v) is 5.73. The van der Waals surface area contributed by atoms with Crippen molar-refractivity contribution in [2.75, 3.05) is 18.5 Å². The van der Waals surface area contributed by atoms with E-state index in [9.17, 15) is 9.59 Å². The molecular formula is C13H18N2O3. The third-order valence-corrected chi connectivity index (χ3v) is 2.71. The van der Waals surface area contributed by atoms with Crippen molar-refractivity contribution in [2.45, 2.75) is 13.8 Å².